The van der Waals surface area contributed by atoms with E-state index in [4.69, 9.17) is 4.74 Å². The number of carbonyl (C=O) groups excluding carboxylic acids is 1. The number of piperidine rings is 1. The van der Waals surface area contributed by atoms with Crippen LogP contribution in [0.3, 0.4) is 0 Å². The lowest BCUT2D eigenvalue weighted by atomic mass is 9.67. The number of amides is 1. The summed E-state index contributed by atoms with van der Waals surface area (Å²) in [6.07, 6.45) is 10.8. The standard InChI is InChI=1S/C20H35N3O2/c24-18(20-7-3-2-6-17(20)14-21-16-20)22-15-19(8-12-25-13-9-19)23-10-4-1-5-11-23/h17,21H,1-16H2,(H,22,24)/t17-,20+/m0/s1. The predicted octanol–water partition coefficient (Wildman–Crippen LogP) is 1.92. The summed E-state index contributed by atoms with van der Waals surface area (Å²) in [5, 5.41) is 6.95. The highest BCUT2D eigenvalue weighted by molar-refractivity contribution is 5.84. The lowest BCUT2D eigenvalue weighted by Gasteiger charge is -2.48. The van der Waals surface area contributed by atoms with Gasteiger partial charge in [0.15, 0.2) is 0 Å². The second-order valence-electron chi connectivity index (χ2n) is 8.80. The van der Waals surface area contributed by atoms with Gasteiger partial charge in [0.2, 0.25) is 5.91 Å². The Morgan fingerprint density at radius 3 is 2.68 bits per heavy atom. The van der Waals surface area contributed by atoms with Gasteiger partial charge in [0.25, 0.3) is 0 Å². The van der Waals surface area contributed by atoms with Crippen molar-refractivity contribution in [3.05, 3.63) is 0 Å². The molecule has 25 heavy (non-hydrogen) atoms. The average molecular weight is 350 g/mol. The number of nitrogens with one attached hydrogen (secondary N) is 2. The van der Waals surface area contributed by atoms with Crippen LogP contribution in [0.15, 0.2) is 0 Å². The van der Waals surface area contributed by atoms with Crippen molar-refractivity contribution in [2.75, 3.05) is 45.9 Å². The van der Waals surface area contributed by atoms with Crippen molar-refractivity contribution >= 4 is 5.91 Å². The molecule has 0 aromatic rings. The lowest BCUT2D eigenvalue weighted by molar-refractivity contribution is -0.135. The maximum atomic E-state index is 13.3. The summed E-state index contributed by atoms with van der Waals surface area (Å²) in [6.45, 7) is 6.76. The fourth-order valence-electron chi connectivity index (χ4n) is 5.84. The van der Waals surface area contributed by atoms with Gasteiger partial charge in [-0.2, -0.15) is 0 Å². The summed E-state index contributed by atoms with van der Waals surface area (Å²) in [4.78, 5) is 15.9. The zero-order valence-corrected chi connectivity index (χ0v) is 15.7. The predicted molar refractivity (Wildman–Crippen MR) is 98.5 cm³/mol. The first-order valence-corrected chi connectivity index (χ1v) is 10.6. The van der Waals surface area contributed by atoms with Gasteiger partial charge in [0.1, 0.15) is 0 Å². The van der Waals surface area contributed by atoms with Gasteiger partial charge in [-0.25, -0.2) is 0 Å². The van der Waals surface area contributed by atoms with E-state index in [-0.39, 0.29) is 11.0 Å². The van der Waals surface area contributed by atoms with Crippen LogP contribution >= 0.6 is 0 Å². The molecule has 0 unspecified atom stereocenters. The Hall–Kier alpha value is -0.650. The first kappa shape index (κ1) is 17.7. The van der Waals surface area contributed by atoms with Gasteiger partial charge in [-0.05, 0) is 64.1 Å². The minimum absolute atomic E-state index is 0.126. The van der Waals surface area contributed by atoms with E-state index in [9.17, 15) is 4.79 Å². The molecule has 1 aliphatic carbocycles. The molecule has 4 rings (SSSR count). The molecule has 0 bridgehead atoms. The fourth-order valence-corrected chi connectivity index (χ4v) is 5.84. The van der Waals surface area contributed by atoms with Gasteiger partial charge >= 0.3 is 0 Å². The molecule has 0 aromatic carbocycles. The molecule has 142 valence electrons. The quantitative estimate of drug-likeness (QED) is 0.814. The van der Waals surface area contributed by atoms with Gasteiger partial charge < -0.3 is 15.4 Å². The van der Waals surface area contributed by atoms with Crippen LogP contribution in [-0.2, 0) is 9.53 Å². The van der Waals surface area contributed by atoms with E-state index in [1.165, 1.54) is 51.6 Å². The summed E-state index contributed by atoms with van der Waals surface area (Å²) >= 11 is 0. The second kappa shape index (κ2) is 7.53. The van der Waals surface area contributed by atoms with Crippen molar-refractivity contribution in [2.24, 2.45) is 11.3 Å². The fraction of sp³-hybridized carbons (Fsp3) is 0.950. The monoisotopic (exact) mass is 349 g/mol. The Balaban J connectivity index is 1.44. The molecule has 2 atom stereocenters. The first-order chi connectivity index (χ1) is 12.3. The molecule has 5 heteroatoms. The van der Waals surface area contributed by atoms with Gasteiger partial charge in [0.05, 0.1) is 5.41 Å². The molecule has 2 N–H and O–H groups in total. The molecule has 0 aromatic heterocycles. The number of hydrogen-bond acceptors (Lipinski definition) is 4. The zero-order valence-electron chi connectivity index (χ0n) is 15.7. The van der Waals surface area contributed by atoms with Crippen LogP contribution in [0.5, 0.6) is 0 Å². The van der Waals surface area contributed by atoms with Crippen LogP contribution in [0, 0.1) is 11.3 Å². The van der Waals surface area contributed by atoms with Crippen LogP contribution in [0.2, 0.25) is 0 Å². The molecular weight excluding hydrogens is 314 g/mol. The number of likely N-dealkylation sites (tertiary alicyclic amines) is 1. The summed E-state index contributed by atoms with van der Waals surface area (Å²) in [6, 6.07) is 0. The van der Waals surface area contributed by atoms with E-state index in [0.29, 0.717) is 11.8 Å². The number of hydrogen-bond donors (Lipinski definition) is 2. The van der Waals surface area contributed by atoms with Crippen molar-refractivity contribution in [3.63, 3.8) is 0 Å². The SMILES string of the molecule is O=C(NCC1(N2CCCCC2)CCOCC1)[C@@]12CCCC[C@H]1CNC2. The van der Waals surface area contributed by atoms with Crippen molar-refractivity contribution in [1.29, 1.82) is 0 Å². The van der Waals surface area contributed by atoms with E-state index >= 15 is 0 Å². The Labute approximate surface area is 152 Å². The molecule has 1 saturated carbocycles. The van der Waals surface area contributed by atoms with Crippen molar-refractivity contribution in [2.45, 2.75) is 63.3 Å². The van der Waals surface area contributed by atoms with Crippen LogP contribution in [0.1, 0.15) is 57.8 Å². The minimum Gasteiger partial charge on any atom is -0.381 e. The molecule has 3 aliphatic heterocycles. The Kier molecular flexibility index (Phi) is 5.35. The first-order valence-electron chi connectivity index (χ1n) is 10.6. The summed E-state index contributed by atoms with van der Waals surface area (Å²) in [5.74, 6) is 0.868. The maximum absolute atomic E-state index is 13.3. The third-order valence-corrected chi connectivity index (χ3v) is 7.52. The van der Waals surface area contributed by atoms with Crippen molar-refractivity contribution < 1.29 is 9.53 Å². The minimum atomic E-state index is -0.132. The Morgan fingerprint density at radius 1 is 1.08 bits per heavy atom. The molecule has 1 amide bonds. The molecule has 0 spiro atoms. The van der Waals surface area contributed by atoms with Crippen molar-refractivity contribution in [1.82, 2.24) is 15.5 Å². The van der Waals surface area contributed by atoms with Crippen molar-refractivity contribution in [3.8, 4) is 0 Å². The molecule has 4 fully saturated rings. The third-order valence-electron chi connectivity index (χ3n) is 7.52. The second-order valence-corrected chi connectivity index (χ2v) is 8.80. The highest BCUT2D eigenvalue weighted by Gasteiger charge is 2.50. The topological polar surface area (TPSA) is 53.6 Å². The highest BCUT2D eigenvalue weighted by Crippen LogP contribution is 2.44. The highest BCUT2D eigenvalue weighted by atomic mass is 16.5. The Morgan fingerprint density at radius 2 is 1.88 bits per heavy atom. The largest absolute Gasteiger partial charge is 0.381 e. The van der Waals surface area contributed by atoms with E-state index in [1.807, 2.05) is 0 Å². The van der Waals surface area contributed by atoms with E-state index in [1.54, 1.807) is 0 Å². The number of rotatable bonds is 4. The molecule has 0 radical (unpaired) electrons. The third kappa shape index (κ3) is 3.35. The van der Waals surface area contributed by atoms with Gasteiger partial charge in [-0.15, -0.1) is 0 Å². The zero-order chi connectivity index (χ0) is 17.2. The van der Waals surface area contributed by atoms with E-state index in [2.05, 4.69) is 15.5 Å². The molecule has 5 nitrogen and oxygen atoms in total. The van der Waals surface area contributed by atoms with Crippen LogP contribution in [0.25, 0.3) is 0 Å². The van der Waals surface area contributed by atoms with Crippen LogP contribution in [-0.4, -0.2) is 62.3 Å². The van der Waals surface area contributed by atoms with Gasteiger partial charge in [-0.1, -0.05) is 19.3 Å². The van der Waals surface area contributed by atoms with Gasteiger partial charge in [0, 0.05) is 31.8 Å². The molecular formula is C20H35N3O2. The maximum Gasteiger partial charge on any atom is 0.227 e. The number of ether oxygens (including phenoxy) is 1. The number of carbonyl (C=O) groups is 1. The van der Waals surface area contributed by atoms with Gasteiger partial charge in [-0.3, -0.25) is 9.69 Å². The average Bonchev–Trinajstić information content (AvgIpc) is 3.13. The number of fused-ring (bicyclic) bond motifs is 1. The summed E-state index contributed by atoms with van der Waals surface area (Å²) < 4.78 is 5.66. The van der Waals surface area contributed by atoms with E-state index < -0.39 is 0 Å². The van der Waals surface area contributed by atoms with Crippen LogP contribution < -0.4 is 10.6 Å². The molecule has 3 heterocycles. The summed E-state index contributed by atoms with van der Waals surface area (Å²) in [5.41, 5.74) is -0.00628. The normalized spacial score (nSPS) is 35.9. The molecule has 4 aliphatic rings. The Bertz CT molecular complexity index is 472. The lowest BCUT2D eigenvalue weighted by Crippen LogP contribution is -2.61. The van der Waals surface area contributed by atoms with Crippen LogP contribution in [0.4, 0.5) is 0 Å². The summed E-state index contributed by atoms with van der Waals surface area (Å²) in [7, 11) is 0. The molecule has 3 saturated heterocycles. The van der Waals surface area contributed by atoms with E-state index in [0.717, 1.165) is 52.1 Å². The number of nitrogens with zero attached hydrogens (tertiary/aromatic N) is 1. The smallest absolute Gasteiger partial charge is 0.227 e.